The number of nitrogens with zero attached hydrogens (tertiary/aromatic N) is 1. The Morgan fingerprint density at radius 1 is 1.29 bits per heavy atom. The van der Waals surface area contributed by atoms with Gasteiger partial charge in [0.1, 0.15) is 0 Å². The third-order valence-corrected chi connectivity index (χ3v) is 6.14. The van der Waals surface area contributed by atoms with Crippen LogP contribution in [-0.4, -0.2) is 44.0 Å². The summed E-state index contributed by atoms with van der Waals surface area (Å²) < 4.78 is 23.6. The van der Waals surface area contributed by atoms with Gasteiger partial charge in [0.05, 0.1) is 17.5 Å². The standard InChI is InChI=1S/C15H23ClN2O2S/c1-2-14(17)15(12-6-3-4-7-13(12)16)18-8-5-10-21(19,20)11-9-18/h3-4,6-7,14-15H,2,5,8-11,17H2,1H3. The molecule has 2 unspecified atom stereocenters. The van der Waals surface area contributed by atoms with Crippen molar-refractivity contribution in [3.05, 3.63) is 34.9 Å². The second kappa shape index (κ2) is 7.09. The van der Waals surface area contributed by atoms with Gasteiger partial charge in [0.25, 0.3) is 0 Å². The van der Waals surface area contributed by atoms with E-state index in [-0.39, 0.29) is 23.6 Å². The minimum atomic E-state index is -2.93. The molecule has 1 fully saturated rings. The molecule has 2 rings (SSSR count). The third kappa shape index (κ3) is 4.19. The Bertz CT molecular complexity index is 577. The largest absolute Gasteiger partial charge is 0.326 e. The lowest BCUT2D eigenvalue weighted by atomic mass is 9.96. The van der Waals surface area contributed by atoms with Gasteiger partial charge in [0.15, 0.2) is 9.84 Å². The summed E-state index contributed by atoms with van der Waals surface area (Å²) in [6.45, 7) is 3.30. The van der Waals surface area contributed by atoms with E-state index in [9.17, 15) is 8.42 Å². The number of benzene rings is 1. The van der Waals surface area contributed by atoms with Crippen LogP contribution in [0.3, 0.4) is 0 Å². The molecule has 0 spiro atoms. The quantitative estimate of drug-likeness (QED) is 0.919. The van der Waals surface area contributed by atoms with Crippen LogP contribution in [0.5, 0.6) is 0 Å². The highest BCUT2D eigenvalue weighted by Gasteiger charge is 2.30. The van der Waals surface area contributed by atoms with Crippen LogP contribution in [-0.2, 0) is 9.84 Å². The SMILES string of the molecule is CCC(N)C(c1ccccc1Cl)N1CCCS(=O)(=O)CC1. The van der Waals surface area contributed by atoms with Crippen LogP contribution in [0.2, 0.25) is 5.02 Å². The first-order chi connectivity index (χ1) is 9.94. The molecule has 2 N–H and O–H groups in total. The number of hydrogen-bond donors (Lipinski definition) is 1. The molecule has 4 nitrogen and oxygen atoms in total. The van der Waals surface area contributed by atoms with E-state index in [2.05, 4.69) is 4.90 Å². The van der Waals surface area contributed by atoms with E-state index >= 15 is 0 Å². The fourth-order valence-corrected chi connectivity index (χ4v) is 4.41. The molecule has 0 bridgehead atoms. The average Bonchev–Trinajstić information content (AvgIpc) is 2.62. The van der Waals surface area contributed by atoms with Crippen molar-refractivity contribution in [3.8, 4) is 0 Å². The van der Waals surface area contributed by atoms with Gasteiger partial charge in [0.2, 0.25) is 0 Å². The fourth-order valence-electron chi connectivity index (χ4n) is 2.87. The number of rotatable bonds is 4. The molecule has 1 aromatic rings. The van der Waals surface area contributed by atoms with E-state index in [1.54, 1.807) is 0 Å². The van der Waals surface area contributed by atoms with Crippen LogP contribution < -0.4 is 5.73 Å². The van der Waals surface area contributed by atoms with Crippen LogP contribution in [0.15, 0.2) is 24.3 Å². The molecule has 1 saturated heterocycles. The molecule has 0 radical (unpaired) electrons. The van der Waals surface area contributed by atoms with Crippen molar-refractivity contribution in [1.82, 2.24) is 4.90 Å². The first kappa shape index (κ1) is 16.7. The maximum atomic E-state index is 11.8. The Balaban J connectivity index is 2.31. The first-order valence-electron chi connectivity index (χ1n) is 7.39. The van der Waals surface area contributed by atoms with E-state index < -0.39 is 9.84 Å². The van der Waals surface area contributed by atoms with Gasteiger partial charge in [-0.25, -0.2) is 8.42 Å². The molecule has 1 aliphatic heterocycles. The van der Waals surface area contributed by atoms with Crippen molar-refractivity contribution in [2.75, 3.05) is 24.6 Å². The van der Waals surface area contributed by atoms with E-state index in [4.69, 9.17) is 17.3 Å². The number of halogens is 1. The topological polar surface area (TPSA) is 63.4 Å². The Hall–Kier alpha value is -0.620. The minimum Gasteiger partial charge on any atom is -0.326 e. The molecule has 0 aromatic heterocycles. The second-order valence-corrected chi connectivity index (χ2v) is 8.29. The predicted octanol–water partition coefficient (Wildman–Crippen LogP) is 2.24. The highest BCUT2D eigenvalue weighted by Crippen LogP contribution is 2.31. The van der Waals surface area contributed by atoms with Gasteiger partial charge in [-0.05, 0) is 31.0 Å². The molecule has 1 aliphatic rings. The van der Waals surface area contributed by atoms with Gasteiger partial charge in [-0.1, -0.05) is 36.7 Å². The monoisotopic (exact) mass is 330 g/mol. The van der Waals surface area contributed by atoms with Gasteiger partial charge in [-0.2, -0.15) is 0 Å². The van der Waals surface area contributed by atoms with Gasteiger partial charge < -0.3 is 5.73 Å². The van der Waals surface area contributed by atoms with Crippen molar-refractivity contribution >= 4 is 21.4 Å². The summed E-state index contributed by atoms with van der Waals surface area (Å²) in [5, 5.41) is 0.693. The Labute approximate surface area is 132 Å². The molecule has 0 aliphatic carbocycles. The number of nitrogens with two attached hydrogens (primary N) is 1. The Morgan fingerprint density at radius 2 is 2.00 bits per heavy atom. The van der Waals surface area contributed by atoms with Crippen LogP contribution in [0.1, 0.15) is 31.4 Å². The lowest BCUT2D eigenvalue weighted by molar-refractivity contribution is 0.182. The molecule has 0 amide bonds. The van der Waals surface area contributed by atoms with Crippen molar-refractivity contribution in [1.29, 1.82) is 0 Å². The number of sulfone groups is 1. The summed E-state index contributed by atoms with van der Waals surface area (Å²) in [6.07, 6.45) is 1.47. The van der Waals surface area contributed by atoms with E-state index in [0.717, 1.165) is 18.5 Å². The summed E-state index contributed by atoms with van der Waals surface area (Å²) in [7, 11) is -2.93. The highest BCUT2D eigenvalue weighted by atomic mass is 35.5. The van der Waals surface area contributed by atoms with Crippen LogP contribution in [0, 0.1) is 0 Å². The normalized spacial score (nSPS) is 22.4. The minimum absolute atomic E-state index is 0.0306. The zero-order valence-electron chi connectivity index (χ0n) is 12.3. The molecule has 118 valence electrons. The van der Waals surface area contributed by atoms with Gasteiger partial charge in [-0.3, -0.25) is 4.90 Å². The van der Waals surface area contributed by atoms with Crippen molar-refractivity contribution in [2.24, 2.45) is 5.73 Å². The molecular formula is C15H23ClN2O2S. The Kier molecular flexibility index (Phi) is 5.66. The summed E-state index contributed by atoms with van der Waals surface area (Å²) >= 11 is 6.34. The third-order valence-electron chi connectivity index (χ3n) is 4.08. The van der Waals surface area contributed by atoms with Gasteiger partial charge in [-0.15, -0.1) is 0 Å². The van der Waals surface area contributed by atoms with Gasteiger partial charge in [0, 0.05) is 17.6 Å². The second-order valence-electron chi connectivity index (χ2n) is 5.58. The average molecular weight is 331 g/mol. The smallest absolute Gasteiger partial charge is 0.151 e. The van der Waals surface area contributed by atoms with E-state index in [0.29, 0.717) is 18.0 Å². The van der Waals surface area contributed by atoms with Crippen LogP contribution in [0.4, 0.5) is 0 Å². The lowest BCUT2D eigenvalue weighted by Crippen LogP contribution is -2.42. The zero-order chi connectivity index (χ0) is 15.5. The molecule has 1 heterocycles. The number of hydrogen-bond acceptors (Lipinski definition) is 4. The maximum Gasteiger partial charge on any atom is 0.151 e. The fraction of sp³-hybridized carbons (Fsp3) is 0.600. The van der Waals surface area contributed by atoms with Crippen molar-refractivity contribution in [2.45, 2.75) is 31.8 Å². The summed E-state index contributed by atoms with van der Waals surface area (Å²) in [6, 6.07) is 7.60. The summed E-state index contributed by atoms with van der Waals surface area (Å²) in [5.41, 5.74) is 7.31. The zero-order valence-corrected chi connectivity index (χ0v) is 13.9. The van der Waals surface area contributed by atoms with E-state index in [1.807, 2.05) is 31.2 Å². The van der Waals surface area contributed by atoms with Crippen LogP contribution >= 0.6 is 11.6 Å². The Morgan fingerprint density at radius 3 is 2.67 bits per heavy atom. The summed E-state index contributed by atoms with van der Waals surface area (Å²) in [4.78, 5) is 2.18. The van der Waals surface area contributed by atoms with E-state index in [1.165, 1.54) is 0 Å². The van der Waals surface area contributed by atoms with Gasteiger partial charge >= 0.3 is 0 Å². The predicted molar refractivity (Wildman–Crippen MR) is 87.3 cm³/mol. The molecule has 0 saturated carbocycles. The molecule has 6 heteroatoms. The van der Waals surface area contributed by atoms with Crippen LogP contribution in [0.25, 0.3) is 0 Å². The molecule has 2 atom stereocenters. The first-order valence-corrected chi connectivity index (χ1v) is 9.59. The maximum absolute atomic E-state index is 11.8. The van der Waals surface area contributed by atoms with Crippen molar-refractivity contribution < 1.29 is 8.42 Å². The summed E-state index contributed by atoms with van der Waals surface area (Å²) in [5.74, 6) is 0.463. The van der Waals surface area contributed by atoms with Crippen molar-refractivity contribution in [3.63, 3.8) is 0 Å². The lowest BCUT2D eigenvalue weighted by Gasteiger charge is -2.35. The molecule has 1 aromatic carbocycles. The molecular weight excluding hydrogens is 308 g/mol. The highest BCUT2D eigenvalue weighted by molar-refractivity contribution is 7.91. The molecule has 21 heavy (non-hydrogen) atoms.